The topological polar surface area (TPSA) is 9.23 Å². The zero-order valence-corrected chi connectivity index (χ0v) is 10.8. The van der Waals surface area contributed by atoms with Crippen molar-refractivity contribution in [1.29, 1.82) is 0 Å². The second-order valence-corrected chi connectivity index (χ2v) is 5.41. The average molecular weight is 254 g/mol. The largest absolute Gasteiger partial charge is 0.486 e. The minimum Gasteiger partial charge on any atom is -0.486 e. The van der Waals surface area contributed by atoms with Crippen LogP contribution in [0.3, 0.4) is 0 Å². The molecule has 0 bridgehead atoms. The van der Waals surface area contributed by atoms with Crippen LogP contribution in [0.4, 0.5) is 0 Å². The van der Waals surface area contributed by atoms with E-state index in [1.54, 1.807) is 11.8 Å². The molecule has 1 fully saturated rings. The van der Waals surface area contributed by atoms with Crippen LogP contribution in [0.25, 0.3) is 6.08 Å². The standard InChI is InChI=1S/C16H14OS/c1-3-7-13(8-4-1)11-16-17-12-15(18-16)14-9-5-2-6-10-14/h1-11,15H,12H2. The predicted molar refractivity (Wildman–Crippen MR) is 77.1 cm³/mol. The smallest absolute Gasteiger partial charge is 0.154 e. The highest BCUT2D eigenvalue weighted by atomic mass is 32.2. The summed E-state index contributed by atoms with van der Waals surface area (Å²) in [5.74, 6) is 0. The van der Waals surface area contributed by atoms with E-state index in [0.29, 0.717) is 5.25 Å². The van der Waals surface area contributed by atoms with Gasteiger partial charge < -0.3 is 4.74 Å². The van der Waals surface area contributed by atoms with Gasteiger partial charge in [-0.2, -0.15) is 0 Å². The van der Waals surface area contributed by atoms with E-state index in [9.17, 15) is 0 Å². The fourth-order valence-electron chi connectivity index (χ4n) is 1.96. The zero-order valence-electron chi connectivity index (χ0n) is 9.95. The molecule has 3 rings (SSSR count). The molecule has 0 aromatic heterocycles. The maximum absolute atomic E-state index is 5.75. The molecule has 2 aromatic carbocycles. The molecule has 1 heterocycles. The zero-order chi connectivity index (χ0) is 12.2. The van der Waals surface area contributed by atoms with Gasteiger partial charge in [-0.15, -0.1) is 0 Å². The normalized spacial score (nSPS) is 20.9. The van der Waals surface area contributed by atoms with Gasteiger partial charge in [-0.25, -0.2) is 0 Å². The predicted octanol–water partition coefficient (Wildman–Crippen LogP) is 4.49. The molecule has 1 atom stereocenters. The van der Waals surface area contributed by atoms with Gasteiger partial charge in [-0.05, 0) is 17.2 Å². The van der Waals surface area contributed by atoms with Gasteiger partial charge in [0.05, 0.1) is 5.25 Å². The third kappa shape index (κ3) is 2.59. The van der Waals surface area contributed by atoms with Crippen molar-refractivity contribution in [2.45, 2.75) is 5.25 Å². The molecule has 0 amide bonds. The minimum absolute atomic E-state index is 0.418. The Kier molecular flexibility index (Phi) is 3.37. The highest BCUT2D eigenvalue weighted by Crippen LogP contribution is 2.42. The molecule has 1 aliphatic heterocycles. The fraction of sp³-hybridized carbons (Fsp3) is 0.125. The lowest BCUT2D eigenvalue weighted by atomic mass is 10.2. The van der Waals surface area contributed by atoms with Crippen molar-refractivity contribution in [2.75, 3.05) is 6.61 Å². The molecule has 90 valence electrons. The summed E-state index contributed by atoms with van der Waals surface area (Å²) in [5, 5.41) is 1.43. The first-order valence-corrected chi connectivity index (χ1v) is 6.91. The Bertz CT molecular complexity index is 534. The van der Waals surface area contributed by atoms with E-state index in [2.05, 4.69) is 42.5 Å². The number of hydrogen-bond donors (Lipinski definition) is 0. The summed E-state index contributed by atoms with van der Waals surface area (Å²) in [6.45, 7) is 0.757. The Morgan fingerprint density at radius 1 is 0.944 bits per heavy atom. The summed E-state index contributed by atoms with van der Waals surface area (Å²) in [6.07, 6.45) is 2.10. The molecule has 18 heavy (non-hydrogen) atoms. The van der Waals surface area contributed by atoms with Crippen molar-refractivity contribution in [3.8, 4) is 0 Å². The lowest BCUT2D eigenvalue weighted by Crippen LogP contribution is -1.93. The molecule has 1 aliphatic rings. The van der Waals surface area contributed by atoms with Gasteiger partial charge in [0, 0.05) is 0 Å². The molecule has 1 unspecified atom stereocenters. The van der Waals surface area contributed by atoms with Crippen molar-refractivity contribution in [1.82, 2.24) is 0 Å². The van der Waals surface area contributed by atoms with Crippen LogP contribution in [0.2, 0.25) is 0 Å². The van der Waals surface area contributed by atoms with Crippen LogP contribution in [0.5, 0.6) is 0 Å². The van der Waals surface area contributed by atoms with Gasteiger partial charge in [0.2, 0.25) is 0 Å². The highest BCUT2D eigenvalue weighted by Gasteiger charge is 2.22. The van der Waals surface area contributed by atoms with Gasteiger partial charge in [-0.3, -0.25) is 0 Å². The molecule has 1 saturated heterocycles. The molecular weight excluding hydrogens is 240 g/mol. The quantitative estimate of drug-likeness (QED) is 0.781. The molecule has 0 radical (unpaired) electrons. The first-order valence-electron chi connectivity index (χ1n) is 6.03. The average Bonchev–Trinajstić information content (AvgIpc) is 2.89. The molecular formula is C16H14OS. The van der Waals surface area contributed by atoms with E-state index < -0.39 is 0 Å². The Morgan fingerprint density at radius 2 is 1.61 bits per heavy atom. The summed E-state index contributed by atoms with van der Waals surface area (Å²) in [4.78, 5) is 0. The lowest BCUT2D eigenvalue weighted by molar-refractivity contribution is 0.260. The van der Waals surface area contributed by atoms with Crippen molar-refractivity contribution in [3.63, 3.8) is 0 Å². The minimum atomic E-state index is 0.418. The molecule has 0 saturated carbocycles. The third-order valence-corrected chi connectivity index (χ3v) is 4.05. The summed E-state index contributed by atoms with van der Waals surface area (Å²) in [6, 6.07) is 20.8. The van der Waals surface area contributed by atoms with Crippen LogP contribution in [0.15, 0.2) is 65.8 Å². The van der Waals surface area contributed by atoms with E-state index >= 15 is 0 Å². The van der Waals surface area contributed by atoms with Crippen LogP contribution < -0.4 is 0 Å². The van der Waals surface area contributed by atoms with Gasteiger partial charge in [0.25, 0.3) is 0 Å². The van der Waals surface area contributed by atoms with Crippen LogP contribution in [0.1, 0.15) is 16.4 Å². The maximum atomic E-state index is 5.75. The molecule has 0 aliphatic carbocycles. The second-order valence-electron chi connectivity index (χ2n) is 4.20. The van der Waals surface area contributed by atoms with Gasteiger partial charge in [-0.1, -0.05) is 72.4 Å². The van der Waals surface area contributed by atoms with Crippen LogP contribution in [-0.2, 0) is 4.74 Å². The summed E-state index contributed by atoms with van der Waals surface area (Å²) >= 11 is 1.80. The molecule has 2 heteroatoms. The molecule has 1 nitrogen and oxygen atoms in total. The first-order chi connectivity index (χ1) is 8.92. The summed E-state index contributed by atoms with van der Waals surface area (Å²) in [5.41, 5.74) is 2.52. The summed E-state index contributed by atoms with van der Waals surface area (Å²) < 4.78 is 5.75. The van der Waals surface area contributed by atoms with Crippen LogP contribution in [-0.4, -0.2) is 6.61 Å². The Labute approximate surface area is 111 Å². The van der Waals surface area contributed by atoms with Gasteiger partial charge in [0.15, 0.2) is 5.09 Å². The van der Waals surface area contributed by atoms with E-state index in [4.69, 9.17) is 4.74 Å². The van der Waals surface area contributed by atoms with Gasteiger partial charge >= 0.3 is 0 Å². The maximum Gasteiger partial charge on any atom is 0.154 e. The SMILES string of the molecule is C(=C1OCC(c2ccccc2)S1)c1ccccc1. The number of rotatable bonds is 2. The van der Waals surface area contributed by atoms with Crippen molar-refractivity contribution < 1.29 is 4.74 Å². The fourth-order valence-corrected chi connectivity index (χ4v) is 3.01. The van der Waals surface area contributed by atoms with E-state index in [1.807, 2.05) is 24.3 Å². The van der Waals surface area contributed by atoms with Crippen LogP contribution >= 0.6 is 11.8 Å². The van der Waals surface area contributed by atoms with Crippen molar-refractivity contribution in [2.24, 2.45) is 0 Å². The molecule has 2 aromatic rings. The number of thioether (sulfide) groups is 1. The monoisotopic (exact) mass is 254 g/mol. The van der Waals surface area contributed by atoms with Gasteiger partial charge in [0.1, 0.15) is 6.61 Å². The Hall–Kier alpha value is -1.67. The Balaban J connectivity index is 1.74. The second kappa shape index (κ2) is 5.32. The Morgan fingerprint density at radius 3 is 2.33 bits per heavy atom. The van der Waals surface area contributed by atoms with E-state index in [0.717, 1.165) is 11.7 Å². The van der Waals surface area contributed by atoms with Crippen molar-refractivity contribution in [3.05, 3.63) is 76.9 Å². The van der Waals surface area contributed by atoms with Crippen LogP contribution in [0, 0.1) is 0 Å². The molecule has 0 spiro atoms. The first kappa shape index (κ1) is 11.4. The third-order valence-electron chi connectivity index (χ3n) is 2.89. The number of ether oxygens (including phenoxy) is 1. The summed E-state index contributed by atoms with van der Waals surface area (Å²) in [7, 11) is 0. The molecule has 0 N–H and O–H groups in total. The highest BCUT2D eigenvalue weighted by molar-refractivity contribution is 8.03. The van der Waals surface area contributed by atoms with E-state index in [-0.39, 0.29) is 0 Å². The lowest BCUT2D eigenvalue weighted by Gasteiger charge is -2.04. The number of hydrogen-bond acceptors (Lipinski definition) is 2. The van der Waals surface area contributed by atoms with Crippen molar-refractivity contribution >= 4 is 17.8 Å². The van der Waals surface area contributed by atoms with E-state index in [1.165, 1.54) is 11.1 Å². The number of benzene rings is 2.